The Morgan fingerprint density at radius 1 is 1.21 bits per heavy atom. The molecule has 0 spiro atoms. The van der Waals surface area contributed by atoms with Crippen LogP contribution in [0.1, 0.15) is 19.7 Å². The van der Waals surface area contributed by atoms with E-state index in [1.165, 1.54) is 0 Å². The highest BCUT2D eigenvalue weighted by molar-refractivity contribution is 5.16. The number of hydrogen-bond donors (Lipinski definition) is 2. The Labute approximate surface area is 114 Å². The molecule has 1 heterocycles. The van der Waals surface area contributed by atoms with Crippen LogP contribution in [0.25, 0.3) is 0 Å². The molecule has 1 aromatic rings. The molecule has 1 aromatic heterocycles. The molecule has 0 saturated heterocycles. The van der Waals surface area contributed by atoms with Crippen molar-refractivity contribution in [1.82, 2.24) is 15.5 Å². The van der Waals surface area contributed by atoms with Gasteiger partial charge in [-0.15, -0.1) is 5.10 Å². The van der Waals surface area contributed by atoms with Crippen LogP contribution in [0.4, 0.5) is 6.01 Å². The maximum atomic E-state index is 5.44. The van der Waals surface area contributed by atoms with Gasteiger partial charge < -0.3 is 24.5 Å². The van der Waals surface area contributed by atoms with Crippen LogP contribution in [0.15, 0.2) is 4.42 Å². The van der Waals surface area contributed by atoms with Crippen molar-refractivity contribution in [1.29, 1.82) is 0 Å². The first-order chi connectivity index (χ1) is 9.22. The number of ether oxygens (including phenoxy) is 2. The zero-order valence-corrected chi connectivity index (χ0v) is 11.9. The molecular formula is C12H24N4O3. The van der Waals surface area contributed by atoms with Crippen LogP contribution < -0.4 is 10.6 Å². The monoisotopic (exact) mass is 272 g/mol. The number of nitrogens with one attached hydrogen (secondary N) is 2. The summed E-state index contributed by atoms with van der Waals surface area (Å²) in [6.45, 7) is 8.25. The predicted molar refractivity (Wildman–Crippen MR) is 72.0 cm³/mol. The number of methoxy groups -OCH3 is 1. The third-order valence-corrected chi connectivity index (χ3v) is 2.20. The van der Waals surface area contributed by atoms with Crippen molar-refractivity contribution in [3.05, 3.63) is 5.89 Å². The van der Waals surface area contributed by atoms with Gasteiger partial charge in [0.25, 0.3) is 0 Å². The van der Waals surface area contributed by atoms with Gasteiger partial charge in [0.1, 0.15) is 0 Å². The average molecular weight is 272 g/mol. The molecule has 0 amide bonds. The second kappa shape index (κ2) is 9.71. The van der Waals surface area contributed by atoms with E-state index in [1.807, 2.05) is 0 Å². The van der Waals surface area contributed by atoms with Gasteiger partial charge in [-0.2, -0.15) is 0 Å². The number of hydrogen-bond acceptors (Lipinski definition) is 7. The second-order valence-corrected chi connectivity index (χ2v) is 4.57. The molecule has 7 nitrogen and oxygen atoms in total. The molecule has 0 saturated carbocycles. The quantitative estimate of drug-likeness (QED) is 0.579. The Hall–Kier alpha value is -1.18. The van der Waals surface area contributed by atoms with Crippen molar-refractivity contribution in [2.45, 2.75) is 20.4 Å². The van der Waals surface area contributed by atoms with Crippen LogP contribution in [0.2, 0.25) is 0 Å². The lowest BCUT2D eigenvalue weighted by molar-refractivity contribution is 0.118. The lowest BCUT2D eigenvalue weighted by Crippen LogP contribution is -2.18. The molecule has 0 fully saturated rings. The highest BCUT2D eigenvalue weighted by Gasteiger charge is 2.04. The van der Waals surface area contributed by atoms with E-state index < -0.39 is 0 Å². The highest BCUT2D eigenvalue weighted by atomic mass is 16.5. The molecule has 0 radical (unpaired) electrons. The number of nitrogens with zero attached hydrogens (tertiary/aromatic N) is 2. The van der Waals surface area contributed by atoms with Crippen molar-refractivity contribution in [3.63, 3.8) is 0 Å². The molecule has 0 aliphatic carbocycles. The minimum absolute atomic E-state index is 0.427. The Bertz CT molecular complexity index is 331. The van der Waals surface area contributed by atoms with Gasteiger partial charge in [-0.05, 0) is 5.92 Å². The third-order valence-electron chi connectivity index (χ3n) is 2.20. The van der Waals surface area contributed by atoms with Gasteiger partial charge >= 0.3 is 6.01 Å². The van der Waals surface area contributed by atoms with Gasteiger partial charge in [0.05, 0.1) is 19.8 Å². The maximum absolute atomic E-state index is 5.44. The molecule has 0 aromatic carbocycles. The first-order valence-corrected chi connectivity index (χ1v) is 6.56. The van der Waals surface area contributed by atoms with Crippen molar-refractivity contribution in [3.8, 4) is 0 Å². The van der Waals surface area contributed by atoms with E-state index in [1.54, 1.807) is 7.11 Å². The molecule has 7 heteroatoms. The number of aromatic nitrogens is 2. The smallest absolute Gasteiger partial charge is 0.315 e. The summed E-state index contributed by atoms with van der Waals surface area (Å²) in [6, 6.07) is 0.427. The lowest BCUT2D eigenvalue weighted by Gasteiger charge is -2.06. The summed E-state index contributed by atoms with van der Waals surface area (Å²) in [6.07, 6.45) is 0. The molecule has 0 aliphatic heterocycles. The zero-order valence-electron chi connectivity index (χ0n) is 11.9. The maximum Gasteiger partial charge on any atom is 0.315 e. The Morgan fingerprint density at radius 3 is 2.79 bits per heavy atom. The van der Waals surface area contributed by atoms with Gasteiger partial charge in [-0.3, -0.25) is 0 Å². The van der Waals surface area contributed by atoms with Crippen molar-refractivity contribution < 1.29 is 13.9 Å². The van der Waals surface area contributed by atoms with Gasteiger partial charge in [-0.1, -0.05) is 18.9 Å². The largest absolute Gasteiger partial charge is 0.407 e. The fourth-order valence-electron chi connectivity index (χ4n) is 1.32. The fraction of sp³-hybridized carbons (Fsp3) is 0.833. The van der Waals surface area contributed by atoms with E-state index in [2.05, 4.69) is 34.7 Å². The molecule has 0 atom stereocenters. The van der Waals surface area contributed by atoms with Crippen LogP contribution in [0.5, 0.6) is 0 Å². The molecule has 19 heavy (non-hydrogen) atoms. The normalized spacial score (nSPS) is 11.2. The second-order valence-electron chi connectivity index (χ2n) is 4.57. The van der Waals surface area contributed by atoms with Gasteiger partial charge in [0.2, 0.25) is 5.89 Å². The summed E-state index contributed by atoms with van der Waals surface area (Å²) in [5, 5.41) is 14.0. The Balaban J connectivity index is 2.09. The van der Waals surface area contributed by atoms with Crippen LogP contribution >= 0.6 is 0 Å². The average Bonchev–Trinajstić information content (AvgIpc) is 2.82. The fourth-order valence-corrected chi connectivity index (χ4v) is 1.32. The standard InChI is InChI=1S/C12H24N4O3/c1-10(2)9-18-7-5-14-12-16-15-11(19-12)8-13-4-6-17-3/h10,13H,4-9H2,1-3H3,(H,14,16). The predicted octanol–water partition coefficient (Wildman–Crippen LogP) is 0.890. The SMILES string of the molecule is COCCNCc1nnc(NCCOCC(C)C)o1. The zero-order chi connectivity index (χ0) is 13.9. The van der Waals surface area contributed by atoms with E-state index in [9.17, 15) is 0 Å². The van der Waals surface area contributed by atoms with E-state index in [0.717, 1.165) is 13.2 Å². The van der Waals surface area contributed by atoms with Gasteiger partial charge in [-0.25, -0.2) is 0 Å². The molecule has 110 valence electrons. The van der Waals surface area contributed by atoms with Crippen molar-refractivity contribution in [2.75, 3.05) is 45.3 Å². The highest BCUT2D eigenvalue weighted by Crippen LogP contribution is 2.04. The molecular weight excluding hydrogens is 248 g/mol. The van der Waals surface area contributed by atoms with Crippen LogP contribution in [-0.4, -0.2) is 50.2 Å². The summed E-state index contributed by atoms with van der Waals surface area (Å²) in [5.74, 6) is 1.11. The number of anilines is 1. The van der Waals surface area contributed by atoms with E-state index in [4.69, 9.17) is 13.9 Å². The first kappa shape index (κ1) is 15.9. The van der Waals surface area contributed by atoms with E-state index in [0.29, 0.717) is 44.1 Å². The van der Waals surface area contributed by atoms with Crippen LogP contribution in [0.3, 0.4) is 0 Å². The van der Waals surface area contributed by atoms with E-state index in [-0.39, 0.29) is 0 Å². The summed E-state index contributed by atoms with van der Waals surface area (Å²) in [4.78, 5) is 0. The van der Waals surface area contributed by atoms with Crippen molar-refractivity contribution >= 4 is 6.01 Å². The minimum atomic E-state index is 0.427. The summed E-state index contributed by atoms with van der Waals surface area (Å²) >= 11 is 0. The summed E-state index contributed by atoms with van der Waals surface area (Å²) in [7, 11) is 1.66. The van der Waals surface area contributed by atoms with Crippen molar-refractivity contribution in [2.24, 2.45) is 5.92 Å². The van der Waals surface area contributed by atoms with Gasteiger partial charge in [0, 0.05) is 26.8 Å². The summed E-state index contributed by atoms with van der Waals surface area (Å²) in [5.41, 5.74) is 0. The minimum Gasteiger partial charge on any atom is -0.407 e. The van der Waals surface area contributed by atoms with Gasteiger partial charge in [0.15, 0.2) is 0 Å². The topological polar surface area (TPSA) is 81.4 Å². The Morgan fingerprint density at radius 2 is 2.05 bits per heavy atom. The lowest BCUT2D eigenvalue weighted by atomic mass is 10.2. The summed E-state index contributed by atoms with van der Waals surface area (Å²) < 4.78 is 15.8. The molecule has 0 aliphatic rings. The van der Waals surface area contributed by atoms with Crippen LogP contribution in [-0.2, 0) is 16.0 Å². The van der Waals surface area contributed by atoms with E-state index >= 15 is 0 Å². The molecule has 2 N–H and O–H groups in total. The molecule has 0 bridgehead atoms. The Kier molecular flexibility index (Phi) is 8.11. The van der Waals surface area contributed by atoms with Crippen LogP contribution in [0, 0.1) is 5.92 Å². The third kappa shape index (κ3) is 7.76. The first-order valence-electron chi connectivity index (χ1n) is 6.56. The number of rotatable bonds is 11. The molecule has 1 rings (SSSR count). The molecule has 0 unspecified atom stereocenters.